The first-order valence-electron chi connectivity index (χ1n) is 5.35. The second-order valence-corrected chi connectivity index (χ2v) is 6.73. The van der Waals surface area contributed by atoms with Gasteiger partial charge in [0, 0.05) is 10.2 Å². The van der Waals surface area contributed by atoms with E-state index >= 15 is 0 Å². The van der Waals surface area contributed by atoms with E-state index in [1.54, 1.807) is 11.8 Å². The highest BCUT2D eigenvalue weighted by atomic mass is 79.9. The number of H-pyrrole nitrogens is 1. The molecule has 0 aliphatic rings. The molecule has 2 rings (SSSR count). The standard InChI is InChI=1S/C11H10Br2N2O2S2/c12-7-1-2-9(8(13)5-7)16-3-4-19-6-10-14-15-11(18)17-10/h1-2,5H,3-4,6H2,(H,15,18). The molecular weight excluding hydrogens is 416 g/mol. The van der Waals surface area contributed by atoms with Gasteiger partial charge < -0.3 is 9.15 Å². The maximum atomic E-state index is 5.67. The fourth-order valence-electron chi connectivity index (χ4n) is 1.28. The van der Waals surface area contributed by atoms with Crippen LogP contribution in [0.2, 0.25) is 0 Å². The molecule has 0 radical (unpaired) electrons. The second-order valence-electron chi connectivity index (χ2n) is 3.48. The summed E-state index contributed by atoms with van der Waals surface area (Å²) in [6.45, 7) is 0.621. The van der Waals surface area contributed by atoms with Crippen molar-refractivity contribution in [3.05, 3.63) is 37.9 Å². The number of nitrogens with one attached hydrogen (secondary N) is 1. The molecule has 0 fully saturated rings. The Labute approximate surface area is 136 Å². The van der Waals surface area contributed by atoms with Crippen LogP contribution in [0.3, 0.4) is 0 Å². The first-order chi connectivity index (χ1) is 9.15. The highest BCUT2D eigenvalue weighted by Gasteiger charge is 2.03. The number of aromatic nitrogens is 2. The Morgan fingerprint density at radius 1 is 1.42 bits per heavy atom. The molecule has 0 aliphatic heterocycles. The van der Waals surface area contributed by atoms with E-state index in [9.17, 15) is 0 Å². The number of aromatic amines is 1. The quantitative estimate of drug-likeness (QED) is 0.542. The lowest BCUT2D eigenvalue weighted by Gasteiger charge is -2.07. The van der Waals surface area contributed by atoms with Crippen molar-refractivity contribution in [2.45, 2.75) is 5.75 Å². The van der Waals surface area contributed by atoms with Crippen LogP contribution in [0, 0.1) is 4.84 Å². The van der Waals surface area contributed by atoms with Crippen molar-refractivity contribution in [3.63, 3.8) is 0 Å². The van der Waals surface area contributed by atoms with Crippen LogP contribution < -0.4 is 4.74 Å². The number of ether oxygens (including phenoxy) is 1. The predicted molar refractivity (Wildman–Crippen MR) is 85.2 cm³/mol. The number of halogens is 2. The molecule has 1 aromatic heterocycles. The third-order valence-corrected chi connectivity index (χ3v) is 4.28. The minimum absolute atomic E-state index is 0.311. The lowest BCUT2D eigenvalue weighted by Crippen LogP contribution is -2.01. The lowest BCUT2D eigenvalue weighted by atomic mass is 10.3. The zero-order valence-electron chi connectivity index (χ0n) is 9.69. The Balaban J connectivity index is 1.70. The van der Waals surface area contributed by atoms with E-state index in [-0.39, 0.29) is 0 Å². The number of thioether (sulfide) groups is 1. The molecule has 0 atom stereocenters. The van der Waals surface area contributed by atoms with Gasteiger partial charge in [0.05, 0.1) is 16.8 Å². The minimum Gasteiger partial charge on any atom is -0.492 e. The third kappa shape index (κ3) is 4.94. The molecule has 8 heteroatoms. The molecule has 4 nitrogen and oxygen atoms in total. The van der Waals surface area contributed by atoms with Gasteiger partial charge in [-0.05, 0) is 46.3 Å². The van der Waals surface area contributed by atoms with Gasteiger partial charge in [0.25, 0.3) is 4.84 Å². The molecular formula is C11H10Br2N2O2S2. The zero-order valence-corrected chi connectivity index (χ0v) is 14.5. The molecule has 0 spiro atoms. The summed E-state index contributed by atoms with van der Waals surface area (Å²) in [7, 11) is 0. The van der Waals surface area contributed by atoms with E-state index in [0.717, 1.165) is 20.4 Å². The van der Waals surface area contributed by atoms with Crippen molar-refractivity contribution in [1.29, 1.82) is 0 Å². The van der Waals surface area contributed by atoms with E-state index in [1.165, 1.54) is 0 Å². The predicted octanol–water partition coefficient (Wildman–Crippen LogP) is 4.57. The first-order valence-corrected chi connectivity index (χ1v) is 8.50. The summed E-state index contributed by atoms with van der Waals surface area (Å²) in [5, 5.41) is 6.52. The number of nitrogens with zero attached hydrogens (tertiary/aromatic N) is 1. The van der Waals surface area contributed by atoms with E-state index < -0.39 is 0 Å². The molecule has 0 unspecified atom stereocenters. The number of benzene rings is 1. The smallest absolute Gasteiger partial charge is 0.284 e. The second kappa shape index (κ2) is 7.47. The normalized spacial score (nSPS) is 10.6. The van der Waals surface area contributed by atoms with Crippen molar-refractivity contribution in [3.8, 4) is 5.75 Å². The van der Waals surface area contributed by atoms with Gasteiger partial charge in [-0.25, -0.2) is 5.10 Å². The van der Waals surface area contributed by atoms with Crippen LogP contribution in [-0.4, -0.2) is 22.6 Å². The number of rotatable bonds is 6. The maximum absolute atomic E-state index is 5.67. The Kier molecular flexibility index (Phi) is 5.93. The molecule has 0 aliphatic carbocycles. The molecule has 2 aromatic rings. The summed E-state index contributed by atoms with van der Waals surface area (Å²) >= 11 is 13.3. The number of hydrogen-bond donors (Lipinski definition) is 1. The van der Waals surface area contributed by atoms with E-state index in [1.807, 2.05) is 18.2 Å². The fourth-order valence-corrected chi connectivity index (χ4v) is 3.23. The van der Waals surface area contributed by atoms with Crippen molar-refractivity contribution in [2.75, 3.05) is 12.4 Å². The fraction of sp³-hybridized carbons (Fsp3) is 0.273. The highest BCUT2D eigenvalue weighted by molar-refractivity contribution is 9.11. The molecule has 19 heavy (non-hydrogen) atoms. The molecule has 1 N–H and O–H groups in total. The average molecular weight is 426 g/mol. The van der Waals surface area contributed by atoms with Crippen molar-refractivity contribution in [2.24, 2.45) is 0 Å². The van der Waals surface area contributed by atoms with Crippen molar-refractivity contribution < 1.29 is 9.15 Å². The average Bonchev–Trinajstić information content (AvgIpc) is 2.77. The van der Waals surface area contributed by atoms with Crippen LogP contribution in [0.5, 0.6) is 5.75 Å². The minimum atomic E-state index is 0.311. The van der Waals surface area contributed by atoms with Crippen LogP contribution >= 0.6 is 55.8 Å². The van der Waals surface area contributed by atoms with Gasteiger partial charge in [0.15, 0.2) is 0 Å². The molecule has 0 saturated heterocycles. The van der Waals surface area contributed by atoms with Crippen molar-refractivity contribution >= 4 is 55.8 Å². The van der Waals surface area contributed by atoms with Gasteiger partial charge in [-0.15, -0.1) is 16.9 Å². The van der Waals surface area contributed by atoms with E-state index in [0.29, 0.717) is 23.1 Å². The van der Waals surface area contributed by atoms with Gasteiger partial charge in [-0.3, -0.25) is 0 Å². The van der Waals surface area contributed by atoms with Crippen LogP contribution in [-0.2, 0) is 5.75 Å². The molecule has 1 aromatic carbocycles. The number of hydrogen-bond acceptors (Lipinski definition) is 5. The largest absolute Gasteiger partial charge is 0.492 e. The van der Waals surface area contributed by atoms with Crippen LogP contribution in [0.1, 0.15) is 5.89 Å². The summed E-state index contributed by atoms with van der Waals surface area (Å²) in [6, 6.07) is 5.82. The topological polar surface area (TPSA) is 51.0 Å². The summed E-state index contributed by atoms with van der Waals surface area (Å²) < 4.78 is 12.8. The summed E-state index contributed by atoms with van der Waals surface area (Å²) in [4.78, 5) is 0.311. The molecule has 102 valence electrons. The van der Waals surface area contributed by atoms with Gasteiger partial charge >= 0.3 is 0 Å². The first kappa shape index (κ1) is 15.1. The van der Waals surface area contributed by atoms with Crippen LogP contribution in [0.4, 0.5) is 0 Å². The van der Waals surface area contributed by atoms with Crippen molar-refractivity contribution in [1.82, 2.24) is 10.2 Å². The van der Waals surface area contributed by atoms with E-state index in [2.05, 4.69) is 42.1 Å². The third-order valence-electron chi connectivity index (χ3n) is 2.09. The Morgan fingerprint density at radius 2 is 2.26 bits per heavy atom. The Morgan fingerprint density at radius 3 is 2.95 bits per heavy atom. The van der Waals surface area contributed by atoms with Crippen LogP contribution in [0.25, 0.3) is 0 Å². The molecule has 1 heterocycles. The SMILES string of the molecule is S=c1[nH]nc(CSCCOc2ccc(Br)cc2Br)o1. The summed E-state index contributed by atoms with van der Waals surface area (Å²) in [5.41, 5.74) is 0. The van der Waals surface area contributed by atoms with E-state index in [4.69, 9.17) is 21.4 Å². The Hall–Kier alpha value is -0.310. The maximum Gasteiger partial charge on any atom is 0.284 e. The Bertz CT molecular complexity index is 600. The van der Waals surface area contributed by atoms with Gasteiger partial charge in [-0.2, -0.15) is 0 Å². The van der Waals surface area contributed by atoms with Gasteiger partial charge in [-0.1, -0.05) is 15.9 Å². The highest BCUT2D eigenvalue weighted by Crippen LogP contribution is 2.28. The molecule has 0 bridgehead atoms. The molecule has 0 amide bonds. The lowest BCUT2D eigenvalue weighted by molar-refractivity contribution is 0.341. The van der Waals surface area contributed by atoms with Gasteiger partial charge in [0.2, 0.25) is 5.89 Å². The summed E-state index contributed by atoms with van der Waals surface area (Å²) in [6.07, 6.45) is 0. The van der Waals surface area contributed by atoms with Crippen LogP contribution in [0.15, 0.2) is 31.6 Å². The monoisotopic (exact) mass is 424 g/mol. The zero-order chi connectivity index (χ0) is 13.7. The molecule has 0 saturated carbocycles. The summed E-state index contributed by atoms with van der Waals surface area (Å²) in [5.74, 6) is 2.97. The van der Waals surface area contributed by atoms with Gasteiger partial charge in [0.1, 0.15) is 5.75 Å².